The van der Waals surface area contributed by atoms with E-state index in [1.54, 1.807) is 6.08 Å². The van der Waals surface area contributed by atoms with Gasteiger partial charge in [0, 0.05) is 6.42 Å². The molecule has 0 aromatic rings. The van der Waals surface area contributed by atoms with E-state index in [0.29, 0.717) is 12.8 Å². The number of aliphatic hydroxyl groups is 11. The molecular formula is C82H147NO18. The lowest BCUT2D eigenvalue weighted by Gasteiger charge is -2.48. The summed E-state index contributed by atoms with van der Waals surface area (Å²) in [6, 6.07) is -0.999. The molecule has 3 saturated heterocycles. The van der Waals surface area contributed by atoms with Crippen molar-refractivity contribution in [2.45, 2.75) is 413 Å². The van der Waals surface area contributed by atoms with Crippen LogP contribution in [-0.4, -0.2) is 193 Å². The Hall–Kier alpha value is -2.77. The van der Waals surface area contributed by atoms with Crippen molar-refractivity contribution >= 4 is 5.91 Å². The first kappa shape index (κ1) is 92.4. The third kappa shape index (κ3) is 42.4. The monoisotopic (exact) mass is 1430 g/mol. The Morgan fingerprint density at radius 3 is 1.06 bits per heavy atom. The molecule has 19 nitrogen and oxygen atoms in total. The van der Waals surface area contributed by atoms with Gasteiger partial charge in [-0.1, -0.05) is 292 Å². The third-order valence-electron chi connectivity index (χ3n) is 20.0. The molecule has 0 bridgehead atoms. The molecule has 101 heavy (non-hydrogen) atoms. The predicted octanol–water partition coefficient (Wildman–Crippen LogP) is 13.6. The van der Waals surface area contributed by atoms with Gasteiger partial charge in [0.15, 0.2) is 18.9 Å². The lowest BCUT2D eigenvalue weighted by atomic mass is 9.96. The standard InChI is InChI=1S/C82H147NO18/c1-3-5-7-9-11-13-15-17-19-21-23-24-25-26-27-28-29-30-31-32-33-34-35-36-37-38-39-40-42-44-46-48-50-52-54-56-58-60-70(88)83-65(66(87)59-57-55-53-51-49-47-45-43-41-22-20-18-16-14-12-10-8-6-4-2)64-96-80-76(94)73(91)78(68(62-85)98-80)101-82-77(95)74(92)79(69(63-86)99-82)100-81-75(93)72(90)71(89)67(61-84)97-81/h15,17,21,23,25-26,41,43,49,51,57,59,65-69,71-82,84-87,89-95H,3-14,16,18-20,22,24,27-40,42,44-48,50,52-56,58,60-64H2,1-2H3,(H,83,88)/b17-15-,23-21-,26-25-,43-41+,51-49+,59-57+. The highest BCUT2D eigenvalue weighted by Gasteiger charge is 2.54. The average Bonchev–Trinajstić information content (AvgIpc) is 0.789. The summed E-state index contributed by atoms with van der Waals surface area (Å²) in [5.74, 6) is -0.286. The van der Waals surface area contributed by atoms with Crippen molar-refractivity contribution in [3.63, 3.8) is 0 Å². The number of unbranched alkanes of at least 4 members (excludes halogenated alkanes) is 38. The highest BCUT2D eigenvalue weighted by atomic mass is 16.8. The number of aliphatic hydroxyl groups excluding tert-OH is 11. The Morgan fingerprint density at radius 2 is 0.663 bits per heavy atom. The topological polar surface area (TPSA) is 307 Å². The minimum atomic E-state index is -1.98. The summed E-state index contributed by atoms with van der Waals surface area (Å²) >= 11 is 0. The van der Waals surface area contributed by atoms with Gasteiger partial charge in [-0.3, -0.25) is 4.79 Å². The molecular weight excluding hydrogens is 1290 g/mol. The molecule has 19 heteroatoms. The van der Waals surface area contributed by atoms with E-state index in [0.717, 1.165) is 57.8 Å². The van der Waals surface area contributed by atoms with E-state index in [1.165, 1.54) is 218 Å². The molecule has 0 aromatic heterocycles. The maximum absolute atomic E-state index is 13.5. The summed E-state index contributed by atoms with van der Waals surface area (Å²) < 4.78 is 34.4. The fourth-order valence-corrected chi connectivity index (χ4v) is 13.4. The average molecular weight is 1440 g/mol. The van der Waals surface area contributed by atoms with Gasteiger partial charge < -0.3 is 89.9 Å². The van der Waals surface area contributed by atoms with Crippen LogP contribution in [-0.2, 0) is 33.2 Å². The number of amides is 1. The zero-order valence-corrected chi connectivity index (χ0v) is 62.9. The van der Waals surface area contributed by atoms with Crippen molar-refractivity contribution in [1.29, 1.82) is 0 Å². The molecule has 0 radical (unpaired) electrons. The van der Waals surface area contributed by atoms with Gasteiger partial charge in [0.25, 0.3) is 0 Å². The van der Waals surface area contributed by atoms with E-state index in [9.17, 15) is 61.0 Å². The first-order chi connectivity index (χ1) is 49.3. The van der Waals surface area contributed by atoms with Crippen molar-refractivity contribution in [1.82, 2.24) is 5.32 Å². The van der Waals surface area contributed by atoms with Gasteiger partial charge in [0.1, 0.15) is 73.2 Å². The molecule has 3 fully saturated rings. The van der Waals surface area contributed by atoms with Crippen LogP contribution in [0.2, 0.25) is 0 Å². The molecule has 17 atom stereocenters. The van der Waals surface area contributed by atoms with Gasteiger partial charge in [0.05, 0.1) is 38.6 Å². The van der Waals surface area contributed by atoms with Crippen LogP contribution in [0, 0.1) is 0 Å². The van der Waals surface area contributed by atoms with Gasteiger partial charge in [-0.2, -0.15) is 0 Å². The number of carbonyl (C=O) groups excluding carboxylic acids is 1. The number of carbonyl (C=O) groups is 1. The Kier molecular flexibility index (Phi) is 57.0. The first-order valence-corrected chi connectivity index (χ1v) is 40.7. The van der Waals surface area contributed by atoms with Crippen LogP contribution in [0.5, 0.6) is 0 Å². The summed E-state index contributed by atoms with van der Waals surface area (Å²) in [5, 5.41) is 121. The summed E-state index contributed by atoms with van der Waals surface area (Å²) in [6.45, 7) is 1.72. The number of nitrogens with one attached hydrogen (secondary N) is 1. The van der Waals surface area contributed by atoms with E-state index in [-0.39, 0.29) is 18.9 Å². The Labute approximate surface area is 610 Å². The Balaban J connectivity index is 1.34. The number of hydrogen-bond acceptors (Lipinski definition) is 18. The second kappa shape index (κ2) is 62.3. The minimum Gasteiger partial charge on any atom is -0.394 e. The smallest absolute Gasteiger partial charge is 0.220 e. The maximum Gasteiger partial charge on any atom is 0.220 e. The number of rotatable bonds is 64. The molecule has 0 spiro atoms. The van der Waals surface area contributed by atoms with Gasteiger partial charge in [-0.05, 0) is 83.5 Å². The van der Waals surface area contributed by atoms with Crippen LogP contribution in [0.1, 0.15) is 309 Å². The second-order valence-electron chi connectivity index (χ2n) is 28.9. The van der Waals surface area contributed by atoms with Gasteiger partial charge >= 0.3 is 0 Å². The first-order valence-electron chi connectivity index (χ1n) is 40.7. The lowest BCUT2D eigenvalue weighted by molar-refractivity contribution is -0.379. The van der Waals surface area contributed by atoms with Crippen LogP contribution >= 0.6 is 0 Å². The number of hydrogen-bond donors (Lipinski definition) is 12. The lowest BCUT2D eigenvalue weighted by Crippen LogP contribution is -2.66. The van der Waals surface area contributed by atoms with E-state index < -0.39 is 124 Å². The van der Waals surface area contributed by atoms with Gasteiger partial charge in [-0.15, -0.1) is 0 Å². The zero-order valence-electron chi connectivity index (χ0n) is 62.9. The predicted molar refractivity (Wildman–Crippen MR) is 401 cm³/mol. The second-order valence-corrected chi connectivity index (χ2v) is 28.9. The normalized spacial score (nSPS) is 26.7. The minimum absolute atomic E-state index is 0.233. The van der Waals surface area contributed by atoms with Crippen molar-refractivity contribution in [3.8, 4) is 0 Å². The van der Waals surface area contributed by atoms with Crippen LogP contribution in [0.25, 0.3) is 0 Å². The highest BCUT2D eigenvalue weighted by molar-refractivity contribution is 5.76. The fraction of sp³-hybridized carbons (Fsp3) is 0.841. The van der Waals surface area contributed by atoms with Gasteiger partial charge in [0.2, 0.25) is 5.91 Å². The Morgan fingerprint density at radius 1 is 0.356 bits per heavy atom. The molecule has 1 amide bonds. The molecule has 3 aliphatic heterocycles. The summed E-state index contributed by atoms with van der Waals surface area (Å²) in [7, 11) is 0. The molecule has 0 saturated carbocycles. The summed E-state index contributed by atoms with van der Waals surface area (Å²) in [6.07, 6.45) is 54.8. The van der Waals surface area contributed by atoms with E-state index in [4.69, 9.17) is 28.4 Å². The SMILES string of the molecule is CCCCCCC/C=C\C/C=C\C/C=C\CCCCCCCCCCCCCCCCCCCCCCCCC(=O)NC(COC1OC(CO)C(OC2OC(CO)C(OC3OC(CO)C(O)C(O)C3O)C(O)C2O)C(O)C1O)C(O)/C=C/CC/C=C/CC/C=C/CCCCCCCCCCC. The molecule has 3 heterocycles. The van der Waals surface area contributed by atoms with Crippen LogP contribution in [0.15, 0.2) is 72.9 Å². The van der Waals surface area contributed by atoms with Crippen LogP contribution < -0.4 is 5.32 Å². The molecule has 588 valence electrons. The summed E-state index contributed by atoms with van der Waals surface area (Å²) in [5.41, 5.74) is 0. The molecule has 3 rings (SSSR count). The van der Waals surface area contributed by atoms with Crippen LogP contribution in [0.4, 0.5) is 0 Å². The van der Waals surface area contributed by atoms with E-state index >= 15 is 0 Å². The molecule has 17 unspecified atom stereocenters. The number of ether oxygens (including phenoxy) is 6. The largest absolute Gasteiger partial charge is 0.394 e. The van der Waals surface area contributed by atoms with E-state index in [1.807, 2.05) is 6.08 Å². The molecule has 0 aliphatic carbocycles. The highest BCUT2D eigenvalue weighted by Crippen LogP contribution is 2.33. The molecule has 0 aromatic carbocycles. The van der Waals surface area contributed by atoms with Gasteiger partial charge in [-0.25, -0.2) is 0 Å². The number of allylic oxidation sites excluding steroid dienone is 11. The van der Waals surface area contributed by atoms with E-state index in [2.05, 4.69) is 79.9 Å². The van der Waals surface area contributed by atoms with Crippen molar-refractivity contribution in [2.24, 2.45) is 0 Å². The maximum atomic E-state index is 13.5. The van der Waals surface area contributed by atoms with Crippen molar-refractivity contribution < 1.29 is 89.4 Å². The molecule has 12 N–H and O–H groups in total. The zero-order chi connectivity index (χ0) is 73.2. The van der Waals surface area contributed by atoms with Crippen molar-refractivity contribution in [2.75, 3.05) is 26.4 Å². The summed E-state index contributed by atoms with van der Waals surface area (Å²) in [4.78, 5) is 13.5. The fourth-order valence-electron chi connectivity index (χ4n) is 13.4. The van der Waals surface area contributed by atoms with Crippen molar-refractivity contribution in [3.05, 3.63) is 72.9 Å². The van der Waals surface area contributed by atoms with Crippen LogP contribution in [0.3, 0.4) is 0 Å². The Bertz CT molecular complexity index is 2110. The third-order valence-corrected chi connectivity index (χ3v) is 20.0. The quantitative estimate of drug-likeness (QED) is 0.0199. The molecule has 3 aliphatic rings.